The zero-order valence-corrected chi connectivity index (χ0v) is 33.2. The molecule has 1 saturated heterocycles. The van der Waals surface area contributed by atoms with Gasteiger partial charge >= 0.3 is 7.60 Å². The van der Waals surface area contributed by atoms with Crippen LogP contribution in [0.3, 0.4) is 0 Å². The molecule has 2 aliphatic carbocycles. The van der Waals surface area contributed by atoms with Gasteiger partial charge in [0.2, 0.25) is 23.8 Å². The fourth-order valence-corrected chi connectivity index (χ4v) is 9.26. The van der Waals surface area contributed by atoms with Gasteiger partial charge in [0.15, 0.2) is 0 Å². The Morgan fingerprint density at radius 2 is 1.59 bits per heavy atom. The Morgan fingerprint density at radius 3 is 2.25 bits per heavy atom. The summed E-state index contributed by atoms with van der Waals surface area (Å²) in [7, 11) is -3.16. The van der Waals surface area contributed by atoms with Crippen molar-refractivity contribution >= 4 is 31.3 Å². The normalized spacial score (nSPS) is 22.6. The van der Waals surface area contributed by atoms with Crippen molar-refractivity contribution in [3.8, 4) is 0 Å². The maximum atomic E-state index is 13.6. The maximum absolute atomic E-state index is 13.6. The van der Waals surface area contributed by atoms with Crippen LogP contribution in [0.25, 0.3) is 0 Å². The highest BCUT2D eigenvalue weighted by atomic mass is 31.2. The van der Waals surface area contributed by atoms with Gasteiger partial charge in [0.25, 0.3) is 0 Å². The summed E-state index contributed by atoms with van der Waals surface area (Å²) in [6.07, 6.45) is 13.8. The lowest BCUT2D eigenvalue weighted by atomic mass is 9.82. The fraction of sp³-hybridized carbons (Fsp3) is 0.889. The van der Waals surface area contributed by atoms with Crippen LogP contribution in [-0.2, 0) is 18.4 Å². The molecule has 1 amide bonds. The molecule has 0 unspecified atom stereocenters. The summed E-state index contributed by atoms with van der Waals surface area (Å²) < 4.78 is 24.0. The lowest BCUT2D eigenvalue weighted by Crippen LogP contribution is -2.61. The Labute approximate surface area is 307 Å². The number of nitrogen functional groups attached to an aromatic ring is 1. The molecule has 3 aliphatic rings. The molecule has 0 spiro atoms. The van der Waals surface area contributed by atoms with Gasteiger partial charge in [0.1, 0.15) is 6.04 Å². The van der Waals surface area contributed by atoms with Gasteiger partial charge < -0.3 is 40.9 Å². The van der Waals surface area contributed by atoms with E-state index in [2.05, 4.69) is 36.1 Å². The number of nitrogens with two attached hydrogens (primary N) is 1. The van der Waals surface area contributed by atoms with Gasteiger partial charge in [0.05, 0.1) is 19.4 Å². The van der Waals surface area contributed by atoms with Crippen LogP contribution < -0.4 is 31.9 Å². The van der Waals surface area contributed by atoms with E-state index in [9.17, 15) is 9.36 Å². The number of amides is 1. The highest BCUT2D eigenvalue weighted by Gasteiger charge is 2.35. The van der Waals surface area contributed by atoms with Crippen molar-refractivity contribution < 1.29 is 18.4 Å². The number of anilines is 3. The van der Waals surface area contributed by atoms with E-state index >= 15 is 0 Å². The third-order valence-electron chi connectivity index (χ3n) is 10.3. The Morgan fingerprint density at radius 1 is 0.902 bits per heavy atom. The van der Waals surface area contributed by atoms with Crippen LogP contribution in [0.5, 0.6) is 0 Å². The number of hydrogen-bond acceptors (Lipinski definition) is 13. The first kappa shape index (κ1) is 41.7. The van der Waals surface area contributed by atoms with Crippen molar-refractivity contribution in [3.63, 3.8) is 0 Å². The summed E-state index contributed by atoms with van der Waals surface area (Å²) in [6.45, 7) is 16.5. The zero-order valence-electron chi connectivity index (χ0n) is 32.3. The summed E-state index contributed by atoms with van der Waals surface area (Å²) in [4.78, 5) is 31.4. The van der Waals surface area contributed by atoms with Crippen molar-refractivity contribution in [3.05, 3.63) is 0 Å². The number of rotatable bonds is 20. The number of nitrogens with zero attached hydrogens (tertiary/aromatic N) is 5. The molecule has 1 aromatic rings. The molecule has 1 atom stereocenters. The number of aromatic nitrogens is 3. The average molecular weight is 737 g/mol. The largest absolute Gasteiger partial charge is 0.368 e. The van der Waals surface area contributed by atoms with Gasteiger partial charge in [0, 0.05) is 37.8 Å². The van der Waals surface area contributed by atoms with Crippen LogP contribution in [-0.4, -0.2) is 115 Å². The molecule has 14 nitrogen and oxygen atoms in total. The molecule has 292 valence electrons. The molecule has 3 fully saturated rings. The van der Waals surface area contributed by atoms with E-state index < -0.39 is 13.6 Å². The van der Waals surface area contributed by atoms with Gasteiger partial charge in [-0.05, 0) is 124 Å². The second kappa shape index (κ2) is 21.0. The molecule has 1 aromatic heterocycles. The van der Waals surface area contributed by atoms with Crippen molar-refractivity contribution in [2.45, 2.75) is 123 Å². The topological polar surface area (TPSA) is 172 Å². The minimum atomic E-state index is -3.16. The van der Waals surface area contributed by atoms with Gasteiger partial charge in [-0.1, -0.05) is 19.3 Å². The second-order valence-electron chi connectivity index (χ2n) is 15.7. The molecule has 2 saturated carbocycles. The molecule has 15 heteroatoms. The van der Waals surface area contributed by atoms with E-state index in [1.807, 2.05) is 39.5 Å². The number of carbonyl (C=O) groups excluding carboxylic acids is 1. The van der Waals surface area contributed by atoms with Crippen molar-refractivity contribution in [1.82, 2.24) is 35.8 Å². The first-order valence-electron chi connectivity index (χ1n) is 19.9. The Hall–Kier alpha value is -2.09. The fourth-order valence-electron chi connectivity index (χ4n) is 7.61. The van der Waals surface area contributed by atoms with Gasteiger partial charge in [-0.25, -0.2) is 0 Å². The number of piperazine rings is 1. The van der Waals surface area contributed by atoms with E-state index in [-0.39, 0.29) is 17.4 Å². The van der Waals surface area contributed by atoms with Crippen molar-refractivity contribution in [2.24, 2.45) is 11.8 Å². The lowest BCUT2D eigenvalue weighted by molar-refractivity contribution is -0.128. The second-order valence-corrected chi connectivity index (χ2v) is 17.9. The molecular weight excluding hydrogens is 667 g/mol. The Kier molecular flexibility index (Phi) is 17.1. The van der Waals surface area contributed by atoms with Gasteiger partial charge in [-0.2, -0.15) is 15.0 Å². The van der Waals surface area contributed by atoms with Crippen molar-refractivity contribution in [2.75, 3.05) is 87.7 Å². The predicted molar refractivity (Wildman–Crippen MR) is 206 cm³/mol. The van der Waals surface area contributed by atoms with E-state index in [1.54, 1.807) is 0 Å². The minimum absolute atomic E-state index is 0.0668. The smallest absolute Gasteiger partial charge is 0.330 e. The Bertz CT molecular complexity index is 1210. The quantitative estimate of drug-likeness (QED) is 0.0928. The van der Waals surface area contributed by atoms with Gasteiger partial charge in [-0.15, -0.1) is 0 Å². The molecule has 0 bridgehead atoms. The lowest BCUT2D eigenvalue weighted by Gasteiger charge is -2.41. The number of carbonyl (C=O) groups is 1. The summed E-state index contributed by atoms with van der Waals surface area (Å²) in [5, 5.41) is 14.0. The van der Waals surface area contributed by atoms with E-state index in [1.165, 1.54) is 64.2 Å². The summed E-state index contributed by atoms with van der Waals surface area (Å²) in [5.41, 5.74) is 5.80. The monoisotopic (exact) mass is 737 g/mol. The van der Waals surface area contributed by atoms with Crippen LogP contribution in [0.4, 0.5) is 17.8 Å². The predicted octanol–water partition coefficient (Wildman–Crippen LogP) is 4.64. The standard InChI is InChI=1S/C36H69N10O4P/c1-6-49-51(48,50-7-2)24-12-21-45-22-23-46(27-31(45)32(47)44-36(3,4)5)35-42-33(37)41-34(43-35)40-26-29-17-15-28(16-18-29)25-38-19-11-20-39-30-13-9-8-10-14-30/h28-31,38-39H,6-27H2,1-5H3,(H,44,47)(H3,37,40,41,42,43)/t28-,29-,31-/m0/s1. The first-order valence-corrected chi connectivity index (χ1v) is 21.6. The minimum Gasteiger partial charge on any atom is -0.368 e. The maximum Gasteiger partial charge on any atom is 0.330 e. The first-order chi connectivity index (χ1) is 24.5. The summed E-state index contributed by atoms with van der Waals surface area (Å²) in [6, 6.07) is 0.296. The van der Waals surface area contributed by atoms with Crippen LogP contribution in [0.1, 0.15) is 105 Å². The summed E-state index contributed by atoms with van der Waals surface area (Å²) in [5.74, 6) is 2.35. The average Bonchev–Trinajstić information content (AvgIpc) is 3.09. The highest BCUT2D eigenvalue weighted by Crippen LogP contribution is 2.48. The molecule has 4 rings (SSSR count). The molecule has 0 aromatic carbocycles. The van der Waals surface area contributed by atoms with Crippen LogP contribution in [0.15, 0.2) is 0 Å². The van der Waals surface area contributed by atoms with E-state index in [0.29, 0.717) is 69.8 Å². The van der Waals surface area contributed by atoms with Gasteiger partial charge in [-0.3, -0.25) is 14.3 Å². The molecule has 0 radical (unpaired) electrons. The Balaban J connectivity index is 1.23. The third kappa shape index (κ3) is 14.7. The zero-order chi connectivity index (χ0) is 36.7. The third-order valence-corrected chi connectivity index (χ3v) is 12.4. The van der Waals surface area contributed by atoms with Crippen LogP contribution >= 0.6 is 7.60 Å². The SMILES string of the molecule is CCOP(=O)(CCCN1CCN(c2nc(N)nc(NC[C@H]3CC[C@H](CNCCCNC4CCCCC4)CC3)n2)C[C@H]1C(=O)NC(C)(C)C)OCC. The highest BCUT2D eigenvalue weighted by molar-refractivity contribution is 7.53. The number of nitrogens with one attached hydrogen (secondary N) is 4. The summed E-state index contributed by atoms with van der Waals surface area (Å²) >= 11 is 0. The van der Waals surface area contributed by atoms with E-state index in [4.69, 9.17) is 19.8 Å². The molecule has 2 heterocycles. The molecular formula is C36H69N10O4P. The van der Waals surface area contributed by atoms with E-state index in [0.717, 1.165) is 38.1 Å². The number of hydrogen-bond donors (Lipinski definition) is 5. The molecule has 1 aliphatic heterocycles. The molecule has 51 heavy (non-hydrogen) atoms. The van der Waals surface area contributed by atoms with Crippen LogP contribution in [0, 0.1) is 11.8 Å². The van der Waals surface area contributed by atoms with Crippen molar-refractivity contribution in [1.29, 1.82) is 0 Å². The van der Waals surface area contributed by atoms with Crippen LogP contribution in [0.2, 0.25) is 0 Å². The molecule has 6 N–H and O–H groups in total.